The van der Waals surface area contributed by atoms with E-state index in [1.54, 1.807) is 23.5 Å². The maximum Gasteiger partial charge on any atom is 0.187 e. The molecule has 3 rings (SSSR count). The third-order valence-corrected chi connectivity index (χ3v) is 4.48. The number of allylic oxidation sites excluding steroid dienone is 1. The van der Waals surface area contributed by atoms with Crippen molar-refractivity contribution in [1.82, 2.24) is 0 Å². The summed E-state index contributed by atoms with van der Waals surface area (Å²) in [6.45, 7) is 4.32. The van der Waals surface area contributed by atoms with Crippen LogP contribution in [0, 0.1) is 13.8 Å². The number of ketones is 1. The number of hydrogen-bond acceptors (Lipinski definition) is 4. The van der Waals surface area contributed by atoms with Gasteiger partial charge in [0.2, 0.25) is 0 Å². The van der Waals surface area contributed by atoms with Gasteiger partial charge in [-0.25, -0.2) is 0 Å². The van der Waals surface area contributed by atoms with Crippen LogP contribution in [-0.2, 0) is 6.61 Å². The number of carbonyl (C=O) groups excluding carboxylic acids is 1. The molecular weight excluding hydrogens is 320 g/mol. The van der Waals surface area contributed by atoms with Crippen LogP contribution in [0.1, 0.15) is 31.6 Å². The molecule has 2 heterocycles. The van der Waals surface area contributed by atoms with Crippen molar-refractivity contribution in [3.63, 3.8) is 0 Å². The van der Waals surface area contributed by atoms with Crippen molar-refractivity contribution < 1.29 is 13.9 Å². The van der Waals surface area contributed by atoms with Gasteiger partial charge in [-0.1, -0.05) is 18.2 Å². The number of benzene rings is 1. The maximum atomic E-state index is 12.2. The summed E-state index contributed by atoms with van der Waals surface area (Å²) in [5.74, 6) is 2.15. The highest BCUT2D eigenvalue weighted by molar-refractivity contribution is 7.12. The number of aryl methyl sites for hydroxylation is 2. The Morgan fingerprint density at radius 2 is 1.96 bits per heavy atom. The van der Waals surface area contributed by atoms with Crippen LogP contribution in [0.2, 0.25) is 0 Å². The highest BCUT2D eigenvalue weighted by Crippen LogP contribution is 2.22. The summed E-state index contributed by atoms with van der Waals surface area (Å²) in [5.41, 5.74) is 0.757. The van der Waals surface area contributed by atoms with E-state index < -0.39 is 0 Å². The van der Waals surface area contributed by atoms with E-state index in [2.05, 4.69) is 0 Å². The van der Waals surface area contributed by atoms with Crippen molar-refractivity contribution in [2.24, 2.45) is 0 Å². The molecule has 0 fully saturated rings. The summed E-state index contributed by atoms with van der Waals surface area (Å²) in [6, 6.07) is 15.2. The fraction of sp³-hybridized carbons (Fsp3) is 0.150. The molecule has 0 radical (unpaired) electrons. The summed E-state index contributed by atoms with van der Waals surface area (Å²) in [7, 11) is 0. The molecule has 2 aromatic heterocycles. The lowest BCUT2D eigenvalue weighted by atomic mass is 10.1. The van der Waals surface area contributed by atoms with Gasteiger partial charge in [0.25, 0.3) is 0 Å². The van der Waals surface area contributed by atoms with Crippen LogP contribution in [0.3, 0.4) is 0 Å². The van der Waals surface area contributed by atoms with Crippen LogP contribution in [0.5, 0.6) is 5.75 Å². The molecule has 0 atom stereocenters. The van der Waals surface area contributed by atoms with Gasteiger partial charge in [0, 0.05) is 15.3 Å². The first kappa shape index (κ1) is 16.3. The molecule has 0 aliphatic heterocycles. The fourth-order valence-corrected chi connectivity index (χ4v) is 3.29. The second kappa shape index (κ2) is 7.32. The molecule has 24 heavy (non-hydrogen) atoms. The van der Waals surface area contributed by atoms with Crippen LogP contribution in [0.15, 0.2) is 59.0 Å². The topological polar surface area (TPSA) is 39.4 Å². The lowest BCUT2D eigenvalue weighted by Crippen LogP contribution is -1.93. The van der Waals surface area contributed by atoms with Crippen LogP contribution < -0.4 is 4.74 Å². The van der Waals surface area contributed by atoms with E-state index >= 15 is 0 Å². The molecule has 0 bridgehead atoms. The molecule has 0 N–H and O–H groups in total. The van der Waals surface area contributed by atoms with Crippen molar-refractivity contribution in [2.75, 3.05) is 0 Å². The van der Waals surface area contributed by atoms with Gasteiger partial charge in [-0.2, -0.15) is 0 Å². The van der Waals surface area contributed by atoms with Gasteiger partial charge in [-0.3, -0.25) is 4.79 Å². The minimum absolute atomic E-state index is 0.00432. The molecule has 0 unspecified atom stereocenters. The summed E-state index contributed by atoms with van der Waals surface area (Å²) >= 11 is 1.63. The van der Waals surface area contributed by atoms with E-state index in [0.29, 0.717) is 18.1 Å². The molecule has 0 spiro atoms. The first-order valence-corrected chi connectivity index (χ1v) is 8.49. The number of rotatable bonds is 6. The number of para-hydroxylation sites is 1. The number of ether oxygens (including phenoxy) is 1. The van der Waals surface area contributed by atoms with E-state index in [1.807, 2.05) is 62.4 Å². The molecule has 4 heteroatoms. The highest BCUT2D eigenvalue weighted by Gasteiger charge is 2.09. The second-order valence-electron chi connectivity index (χ2n) is 5.43. The van der Waals surface area contributed by atoms with Gasteiger partial charge in [0.1, 0.15) is 23.9 Å². The maximum absolute atomic E-state index is 12.2. The third kappa shape index (κ3) is 4.03. The second-order valence-corrected chi connectivity index (χ2v) is 6.89. The van der Waals surface area contributed by atoms with Crippen molar-refractivity contribution in [2.45, 2.75) is 20.5 Å². The van der Waals surface area contributed by atoms with Crippen molar-refractivity contribution >= 4 is 23.2 Å². The van der Waals surface area contributed by atoms with E-state index in [0.717, 1.165) is 21.1 Å². The Bertz CT molecular complexity index is 856. The van der Waals surface area contributed by atoms with Gasteiger partial charge in [-0.15, -0.1) is 11.3 Å². The van der Waals surface area contributed by atoms with E-state index in [-0.39, 0.29) is 5.78 Å². The largest absolute Gasteiger partial charge is 0.486 e. The lowest BCUT2D eigenvalue weighted by molar-refractivity contribution is 0.104. The van der Waals surface area contributed by atoms with Gasteiger partial charge >= 0.3 is 0 Å². The Morgan fingerprint density at radius 3 is 2.67 bits per heavy atom. The molecule has 1 aromatic carbocycles. The molecule has 3 nitrogen and oxygen atoms in total. The van der Waals surface area contributed by atoms with Crippen molar-refractivity contribution in [3.05, 3.63) is 81.4 Å². The molecule has 0 saturated carbocycles. The van der Waals surface area contributed by atoms with Crippen molar-refractivity contribution in [1.29, 1.82) is 0 Å². The zero-order valence-corrected chi connectivity index (χ0v) is 14.4. The third-order valence-electron chi connectivity index (χ3n) is 3.51. The highest BCUT2D eigenvalue weighted by atomic mass is 32.1. The summed E-state index contributed by atoms with van der Waals surface area (Å²) < 4.78 is 11.3. The van der Waals surface area contributed by atoms with E-state index in [1.165, 1.54) is 0 Å². The van der Waals surface area contributed by atoms with Crippen LogP contribution >= 0.6 is 11.3 Å². The van der Waals surface area contributed by atoms with Gasteiger partial charge < -0.3 is 9.15 Å². The Labute approximate surface area is 145 Å². The predicted octanol–water partition coefficient (Wildman–Crippen LogP) is 5.43. The van der Waals surface area contributed by atoms with Gasteiger partial charge in [0.15, 0.2) is 5.78 Å². The van der Waals surface area contributed by atoms with Gasteiger partial charge in [-0.05, 0) is 56.3 Å². The van der Waals surface area contributed by atoms with Crippen LogP contribution in [0.25, 0.3) is 6.08 Å². The number of carbonyl (C=O) groups is 1. The van der Waals surface area contributed by atoms with E-state index in [9.17, 15) is 4.79 Å². The molecule has 0 aliphatic carbocycles. The zero-order valence-electron chi connectivity index (χ0n) is 13.6. The molecule has 3 aromatic rings. The summed E-state index contributed by atoms with van der Waals surface area (Å²) in [4.78, 5) is 14.4. The Morgan fingerprint density at radius 1 is 1.17 bits per heavy atom. The zero-order chi connectivity index (χ0) is 16.9. The average Bonchev–Trinajstić information content (AvgIpc) is 3.17. The molecule has 122 valence electrons. The SMILES string of the molecule is Cc1cc(C(=O)/C=C/c2ccc(COc3ccccc3)o2)c(C)s1. The van der Waals surface area contributed by atoms with E-state index in [4.69, 9.17) is 9.15 Å². The first-order valence-electron chi connectivity index (χ1n) is 7.68. The Hall–Kier alpha value is -2.59. The molecular formula is C20H18O3S. The van der Waals surface area contributed by atoms with Gasteiger partial charge in [0.05, 0.1) is 0 Å². The number of hydrogen-bond donors (Lipinski definition) is 0. The molecule has 0 aliphatic rings. The normalized spacial score (nSPS) is 11.1. The number of thiophene rings is 1. The smallest absolute Gasteiger partial charge is 0.187 e. The quantitative estimate of drug-likeness (QED) is 0.444. The first-order chi connectivity index (χ1) is 11.6. The minimum Gasteiger partial charge on any atom is -0.486 e. The summed E-state index contributed by atoms with van der Waals surface area (Å²) in [5, 5.41) is 0. The predicted molar refractivity (Wildman–Crippen MR) is 96.6 cm³/mol. The molecule has 0 amide bonds. The number of furan rings is 1. The van der Waals surface area contributed by atoms with Crippen LogP contribution in [0.4, 0.5) is 0 Å². The Kier molecular flexibility index (Phi) is 4.96. The average molecular weight is 338 g/mol. The lowest BCUT2D eigenvalue weighted by Gasteiger charge is -2.02. The monoisotopic (exact) mass is 338 g/mol. The minimum atomic E-state index is -0.00432. The Balaban J connectivity index is 1.61. The molecule has 0 saturated heterocycles. The standard InChI is InChI=1S/C20H18O3S/c1-14-12-19(15(2)24-14)20(21)11-10-17-8-9-18(23-17)13-22-16-6-4-3-5-7-16/h3-12H,13H2,1-2H3/b11-10+. The van der Waals surface area contributed by atoms with Crippen molar-refractivity contribution in [3.8, 4) is 5.75 Å². The fourth-order valence-electron chi connectivity index (χ4n) is 2.36. The summed E-state index contributed by atoms with van der Waals surface area (Å²) in [6.07, 6.45) is 3.25. The van der Waals surface area contributed by atoms with Crippen LogP contribution in [-0.4, -0.2) is 5.78 Å².